The fourth-order valence-corrected chi connectivity index (χ4v) is 3.66. The van der Waals surface area contributed by atoms with E-state index in [0.717, 1.165) is 41.6 Å². The van der Waals surface area contributed by atoms with Crippen LogP contribution in [0.4, 0.5) is 0 Å². The third kappa shape index (κ3) is 2.82. The van der Waals surface area contributed by atoms with E-state index in [9.17, 15) is 4.79 Å². The van der Waals surface area contributed by atoms with E-state index in [1.54, 1.807) is 0 Å². The maximum atomic E-state index is 12.6. The second-order valence-electron chi connectivity index (χ2n) is 6.15. The summed E-state index contributed by atoms with van der Waals surface area (Å²) in [5.74, 6) is 7.15. The fourth-order valence-electron chi connectivity index (χ4n) is 3.66. The lowest BCUT2D eigenvalue weighted by molar-refractivity contribution is 0.0780. The summed E-state index contributed by atoms with van der Waals surface area (Å²) in [5.41, 5.74) is 2.61. The van der Waals surface area contributed by atoms with Crippen LogP contribution < -0.4 is 0 Å². The zero-order chi connectivity index (χ0) is 14.8. The molecule has 0 bridgehead atoms. The van der Waals surface area contributed by atoms with E-state index >= 15 is 0 Å². The third-order valence-electron chi connectivity index (χ3n) is 4.79. The van der Waals surface area contributed by atoms with E-state index in [2.05, 4.69) is 11.8 Å². The number of likely N-dealkylation sites (tertiary alicyclic amines) is 1. The Morgan fingerprint density at radius 2 is 2.05 bits per heavy atom. The number of aliphatic hydroxyl groups is 1. The number of aliphatic hydroxyl groups excluding tert-OH is 1. The smallest absolute Gasteiger partial charge is 0.253 e. The van der Waals surface area contributed by atoms with Crippen LogP contribution in [0.5, 0.6) is 0 Å². The number of carbonyl (C=O) groups is 1. The molecular formula is C18H21NO2. The number of fused-ring (bicyclic) bond motifs is 1. The number of carbonyl (C=O) groups excluding carboxylic acids is 1. The largest absolute Gasteiger partial charge is 0.384 e. The van der Waals surface area contributed by atoms with Crippen LogP contribution in [0.25, 0.3) is 0 Å². The zero-order valence-corrected chi connectivity index (χ0v) is 12.4. The lowest BCUT2D eigenvalue weighted by Crippen LogP contribution is -2.29. The van der Waals surface area contributed by atoms with E-state index in [0.29, 0.717) is 0 Å². The first kappa shape index (κ1) is 14.2. The molecular weight excluding hydrogens is 262 g/mol. The van der Waals surface area contributed by atoms with Crippen LogP contribution in [-0.2, 0) is 0 Å². The van der Waals surface area contributed by atoms with Gasteiger partial charge in [0.1, 0.15) is 6.61 Å². The van der Waals surface area contributed by atoms with Gasteiger partial charge in [0.25, 0.3) is 5.91 Å². The minimum Gasteiger partial charge on any atom is -0.384 e. The second-order valence-corrected chi connectivity index (χ2v) is 6.15. The molecule has 3 rings (SSSR count). The van der Waals surface area contributed by atoms with E-state index in [4.69, 9.17) is 5.11 Å². The summed E-state index contributed by atoms with van der Waals surface area (Å²) in [6.07, 6.45) is 3.89. The van der Waals surface area contributed by atoms with Gasteiger partial charge >= 0.3 is 0 Å². The van der Waals surface area contributed by atoms with Crippen LogP contribution in [-0.4, -0.2) is 35.6 Å². The van der Waals surface area contributed by atoms with Crippen molar-refractivity contribution in [2.45, 2.75) is 26.2 Å². The number of amides is 1. The Balaban J connectivity index is 1.75. The molecule has 3 heteroatoms. The second kappa shape index (κ2) is 5.91. The summed E-state index contributed by atoms with van der Waals surface area (Å²) >= 11 is 0. The first-order chi connectivity index (χ1) is 10.2. The van der Waals surface area contributed by atoms with Gasteiger partial charge in [0.15, 0.2) is 0 Å². The Kier molecular flexibility index (Phi) is 3.98. The number of hydrogen-bond acceptors (Lipinski definition) is 2. The van der Waals surface area contributed by atoms with Crippen LogP contribution in [0.1, 0.15) is 40.7 Å². The van der Waals surface area contributed by atoms with Gasteiger partial charge in [-0.1, -0.05) is 18.3 Å². The van der Waals surface area contributed by atoms with Crippen LogP contribution >= 0.6 is 0 Å². The van der Waals surface area contributed by atoms with Crippen molar-refractivity contribution in [2.24, 2.45) is 11.8 Å². The van der Waals surface area contributed by atoms with Crippen LogP contribution in [0.2, 0.25) is 0 Å². The summed E-state index contributed by atoms with van der Waals surface area (Å²) in [7, 11) is 0. The number of nitrogens with zero attached hydrogens (tertiary/aromatic N) is 1. The minimum absolute atomic E-state index is 0.142. The predicted octanol–water partition coefficient (Wildman–Crippen LogP) is 2.21. The van der Waals surface area contributed by atoms with Crippen molar-refractivity contribution in [1.29, 1.82) is 0 Å². The third-order valence-corrected chi connectivity index (χ3v) is 4.79. The van der Waals surface area contributed by atoms with Crippen molar-refractivity contribution in [2.75, 3.05) is 19.7 Å². The Labute approximate surface area is 126 Å². The van der Waals surface area contributed by atoms with E-state index < -0.39 is 0 Å². The Morgan fingerprint density at radius 1 is 1.33 bits per heavy atom. The molecule has 1 aliphatic carbocycles. The average Bonchev–Trinajstić information content (AvgIpc) is 3.06. The molecule has 1 heterocycles. The molecule has 1 N–H and O–H groups in total. The van der Waals surface area contributed by atoms with Crippen LogP contribution in [0.15, 0.2) is 18.2 Å². The van der Waals surface area contributed by atoms with E-state index in [1.165, 1.54) is 19.3 Å². The molecule has 2 fully saturated rings. The van der Waals surface area contributed by atoms with E-state index in [-0.39, 0.29) is 12.5 Å². The molecule has 3 nitrogen and oxygen atoms in total. The fraction of sp³-hybridized carbons (Fsp3) is 0.500. The van der Waals surface area contributed by atoms with Gasteiger partial charge in [-0.3, -0.25) is 4.79 Å². The molecule has 0 spiro atoms. The molecule has 1 aliphatic heterocycles. The monoisotopic (exact) mass is 283 g/mol. The van der Waals surface area contributed by atoms with Crippen LogP contribution in [0, 0.1) is 30.6 Å². The quantitative estimate of drug-likeness (QED) is 0.803. The number of benzene rings is 1. The summed E-state index contributed by atoms with van der Waals surface area (Å²) < 4.78 is 0. The number of rotatable bonds is 1. The highest BCUT2D eigenvalue weighted by Gasteiger charge is 2.38. The summed E-state index contributed by atoms with van der Waals surface area (Å²) in [6.45, 7) is 3.66. The molecule has 0 aromatic heterocycles. The molecule has 0 radical (unpaired) electrons. The molecule has 1 aromatic rings. The first-order valence-corrected chi connectivity index (χ1v) is 7.68. The Bertz CT molecular complexity index is 599. The van der Waals surface area contributed by atoms with Gasteiger partial charge in [-0.05, 0) is 55.4 Å². The maximum absolute atomic E-state index is 12.6. The van der Waals surface area contributed by atoms with Gasteiger partial charge in [0.05, 0.1) is 0 Å². The molecule has 2 aliphatic rings. The standard InChI is InChI=1S/C18H21NO2/c1-13-10-15(8-7-14(13)6-3-9-20)18(21)19-11-16-4-2-5-17(16)12-19/h7-8,10,16-17,20H,2,4-5,9,11-12H2,1H3. The van der Waals surface area contributed by atoms with Gasteiger partial charge in [-0.25, -0.2) is 0 Å². The lowest BCUT2D eigenvalue weighted by Gasteiger charge is -2.17. The Morgan fingerprint density at radius 3 is 2.67 bits per heavy atom. The summed E-state index contributed by atoms with van der Waals surface area (Å²) in [5, 5.41) is 8.75. The van der Waals surface area contributed by atoms with Crippen molar-refractivity contribution in [1.82, 2.24) is 4.90 Å². The van der Waals surface area contributed by atoms with Gasteiger partial charge < -0.3 is 10.0 Å². The van der Waals surface area contributed by atoms with Crippen molar-refractivity contribution in [3.63, 3.8) is 0 Å². The number of aryl methyl sites for hydroxylation is 1. The molecule has 1 aromatic carbocycles. The molecule has 1 amide bonds. The summed E-state index contributed by atoms with van der Waals surface area (Å²) in [4.78, 5) is 14.6. The van der Waals surface area contributed by atoms with Gasteiger partial charge in [-0.15, -0.1) is 0 Å². The molecule has 2 atom stereocenters. The number of hydrogen-bond donors (Lipinski definition) is 1. The van der Waals surface area contributed by atoms with Gasteiger partial charge in [-0.2, -0.15) is 0 Å². The highest BCUT2D eigenvalue weighted by Crippen LogP contribution is 2.38. The molecule has 1 saturated carbocycles. The maximum Gasteiger partial charge on any atom is 0.253 e. The predicted molar refractivity (Wildman–Crippen MR) is 81.9 cm³/mol. The Hall–Kier alpha value is -1.79. The van der Waals surface area contributed by atoms with Gasteiger partial charge in [0.2, 0.25) is 0 Å². The zero-order valence-electron chi connectivity index (χ0n) is 12.4. The normalized spacial score (nSPS) is 23.6. The highest BCUT2D eigenvalue weighted by molar-refractivity contribution is 5.94. The summed E-state index contributed by atoms with van der Waals surface area (Å²) in [6, 6.07) is 5.64. The van der Waals surface area contributed by atoms with Crippen LogP contribution in [0.3, 0.4) is 0 Å². The average molecular weight is 283 g/mol. The van der Waals surface area contributed by atoms with Gasteiger partial charge in [0, 0.05) is 24.2 Å². The molecule has 1 saturated heterocycles. The minimum atomic E-state index is -0.142. The SMILES string of the molecule is Cc1cc(C(=O)N2CC3CCCC3C2)ccc1C#CCO. The van der Waals surface area contributed by atoms with Crippen molar-refractivity contribution >= 4 is 5.91 Å². The van der Waals surface area contributed by atoms with E-state index in [1.807, 2.05) is 30.0 Å². The molecule has 21 heavy (non-hydrogen) atoms. The van der Waals surface area contributed by atoms with Crippen molar-refractivity contribution < 1.29 is 9.90 Å². The topological polar surface area (TPSA) is 40.5 Å². The highest BCUT2D eigenvalue weighted by atomic mass is 16.2. The molecule has 2 unspecified atom stereocenters. The van der Waals surface area contributed by atoms with Crippen molar-refractivity contribution in [3.8, 4) is 11.8 Å². The first-order valence-electron chi connectivity index (χ1n) is 7.68. The van der Waals surface area contributed by atoms with Crippen molar-refractivity contribution in [3.05, 3.63) is 34.9 Å². The lowest BCUT2D eigenvalue weighted by atomic mass is 10.0. The molecule has 110 valence electrons.